The van der Waals surface area contributed by atoms with Crippen LogP contribution in [0.15, 0.2) is 53.4 Å². The summed E-state index contributed by atoms with van der Waals surface area (Å²) in [7, 11) is -2.30. The van der Waals surface area contributed by atoms with Gasteiger partial charge in [0.05, 0.1) is 23.3 Å². The summed E-state index contributed by atoms with van der Waals surface area (Å²) in [4.78, 5) is 13.4. The number of benzene rings is 2. The predicted octanol–water partition coefficient (Wildman–Crippen LogP) is 4.19. The third kappa shape index (κ3) is 3.91. The summed E-state index contributed by atoms with van der Waals surface area (Å²) in [6.07, 6.45) is 7.04. The molecule has 4 aliphatic rings. The molecule has 7 heteroatoms. The number of carbonyl (C=O) groups is 1. The third-order valence-electron chi connectivity index (χ3n) is 7.20. The van der Waals surface area contributed by atoms with Crippen molar-refractivity contribution in [2.75, 3.05) is 11.8 Å². The van der Waals surface area contributed by atoms with E-state index in [4.69, 9.17) is 4.74 Å². The minimum atomic E-state index is -3.83. The Hall–Kier alpha value is -2.54. The van der Waals surface area contributed by atoms with E-state index in [1.54, 1.807) is 36.4 Å². The van der Waals surface area contributed by atoms with Crippen molar-refractivity contribution in [1.82, 2.24) is 5.32 Å². The lowest BCUT2D eigenvalue weighted by molar-refractivity contribution is -0.0166. The molecular weight excluding hydrogens is 412 g/mol. The van der Waals surface area contributed by atoms with Crippen LogP contribution in [0.3, 0.4) is 0 Å². The van der Waals surface area contributed by atoms with Gasteiger partial charge in [-0.3, -0.25) is 9.52 Å². The van der Waals surface area contributed by atoms with Crippen molar-refractivity contribution in [3.05, 3.63) is 54.1 Å². The topological polar surface area (TPSA) is 84.5 Å². The lowest BCUT2D eigenvalue weighted by Gasteiger charge is -2.56. The Bertz CT molecular complexity index is 1060. The Balaban J connectivity index is 1.37. The van der Waals surface area contributed by atoms with Crippen LogP contribution >= 0.6 is 0 Å². The fraction of sp³-hybridized carbons (Fsp3) is 0.458. The highest BCUT2D eigenvalue weighted by Crippen LogP contribution is 2.55. The molecule has 6 nitrogen and oxygen atoms in total. The van der Waals surface area contributed by atoms with E-state index in [-0.39, 0.29) is 16.3 Å². The zero-order valence-electron chi connectivity index (χ0n) is 17.6. The second kappa shape index (κ2) is 7.55. The first-order chi connectivity index (χ1) is 14.9. The van der Waals surface area contributed by atoms with Crippen molar-refractivity contribution < 1.29 is 17.9 Å². The van der Waals surface area contributed by atoms with Gasteiger partial charge in [0.15, 0.2) is 0 Å². The molecule has 0 atom stereocenters. The van der Waals surface area contributed by atoms with Gasteiger partial charge < -0.3 is 10.1 Å². The largest absolute Gasteiger partial charge is 0.497 e. The van der Waals surface area contributed by atoms with Gasteiger partial charge in [0.2, 0.25) is 0 Å². The molecule has 4 aliphatic carbocycles. The van der Waals surface area contributed by atoms with Gasteiger partial charge in [-0.15, -0.1) is 0 Å². The van der Waals surface area contributed by atoms with Gasteiger partial charge in [0.25, 0.3) is 15.9 Å². The van der Waals surface area contributed by atoms with E-state index in [1.807, 2.05) is 0 Å². The average molecular weight is 441 g/mol. The van der Waals surface area contributed by atoms with Gasteiger partial charge in [-0.2, -0.15) is 0 Å². The lowest BCUT2D eigenvalue weighted by atomic mass is 9.53. The molecule has 2 aromatic carbocycles. The monoisotopic (exact) mass is 440 g/mol. The zero-order valence-corrected chi connectivity index (χ0v) is 18.5. The van der Waals surface area contributed by atoms with E-state index in [2.05, 4.69) is 10.0 Å². The van der Waals surface area contributed by atoms with E-state index in [0.717, 1.165) is 37.0 Å². The highest BCUT2D eigenvalue weighted by molar-refractivity contribution is 7.92. The van der Waals surface area contributed by atoms with Crippen LogP contribution in [0.1, 0.15) is 48.9 Å². The predicted molar refractivity (Wildman–Crippen MR) is 119 cm³/mol. The molecule has 4 saturated carbocycles. The fourth-order valence-corrected chi connectivity index (χ4v) is 7.38. The van der Waals surface area contributed by atoms with Gasteiger partial charge in [-0.05, 0) is 92.7 Å². The summed E-state index contributed by atoms with van der Waals surface area (Å²) >= 11 is 0. The van der Waals surface area contributed by atoms with Crippen LogP contribution in [0.5, 0.6) is 5.75 Å². The van der Waals surface area contributed by atoms with Crippen LogP contribution < -0.4 is 14.8 Å². The van der Waals surface area contributed by atoms with Crippen LogP contribution in [0.2, 0.25) is 0 Å². The van der Waals surface area contributed by atoms with Crippen molar-refractivity contribution in [3.63, 3.8) is 0 Å². The highest BCUT2D eigenvalue weighted by Gasteiger charge is 2.51. The van der Waals surface area contributed by atoms with Gasteiger partial charge in [0, 0.05) is 5.54 Å². The summed E-state index contributed by atoms with van der Waals surface area (Å²) in [6.45, 7) is 0. The normalized spacial score (nSPS) is 28.9. The Morgan fingerprint density at radius 1 is 0.935 bits per heavy atom. The fourth-order valence-electron chi connectivity index (χ4n) is 6.30. The van der Waals surface area contributed by atoms with Gasteiger partial charge in [0.1, 0.15) is 5.75 Å². The molecule has 0 saturated heterocycles. The second-order valence-electron chi connectivity index (χ2n) is 9.48. The average Bonchev–Trinajstić information content (AvgIpc) is 2.72. The molecule has 2 N–H and O–H groups in total. The maximum atomic E-state index is 13.3. The SMILES string of the molecule is COc1ccc(S(=O)(=O)Nc2ccccc2C(=O)NC23CC4CC(CC(C4)C2)C3)cc1. The molecule has 0 unspecified atom stereocenters. The molecular formula is C24H28N2O4S. The first-order valence-corrected chi connectivity index (χ1v) is 12.4. The summed E-state index contributed by atoms with van der Waals surface area (Å²) < 4.78 is 33.5. The number of hydrogen-bond donors (Lipinski definition) is 2. The smallest absolute Gasteiger partial charge is 0.261 e. The van der Waals surface area contributed by atoms with Crippen molar-refractivity contribution in [1.29, 1.82) is 0 Å². The number of amides is 1. The van der Waals surface area contributed by atoms with Gasteiger partial charge in [-0.1, -0.05) is 12.1 Å². The lowest BCUT2D eigenvalue weighted by Crippen LogP contribution is -2.59. The summed E-state index contributed by atoms with van der Waals surface area (Å²) in [5.41, 5.74) is 0.518. The quantitative estimate of drug-likeness (QED) is 0.705. The Labute approximate surface area is 183 Å². The maximum absolute atomic E-state index is 13.3. The van der Waals surface area contributed by atoms with Crippen molar-refractivity contribution in [2.24, 2.45) is 17.8 Å². The number of methoxy groups -OCH3 is 1. The standard InChI is InChI=1S/C24H28N2O4S/c1-30-19-6-8-20(9-7-19)31(28,29)26-22-5-3-2-4-21(22)23(27)25-24-13-16-10-17(14-24)12-18(11-16)15-24/h2-9,16-18,26H,10-15H2,1H3,(H,25,27). The molecule has 6 rings (SSSR count). The number of hydrogen-bond acceptors (Lipinski definition) is 4. The molecule has 0 heterocycles. The molecule has 0 aromatic heterocycles. The van der Waals surface area contributed by atoms with E-state index in [9.17, 15) is 13.2 Å². The van der Waals surface area contributed by atoms with E-state index in [0.29, 0.717) is 17.0 Å². The number of ether oxygens (including phenoxy) is 1. The third-order valence-corrected chi connectivity index (χ3v) is 8.58. The summed E-state index contributed by atoms with van der Waals surface area (Å²) in [5, 5.41) is 3.33. The van der Waals surface area contributed by atoms with Crippen molar-refractivity contribution in [3.8, 4) is 5.75 Å². The molecule has 0 aliphatic heterocycles. The summed E-state index contributed by atoms with van der Waals surface area (Å²) in [5.74, 6) is 2.53. The molecule has 4 fully saturated rings. The zero-order chi connectivity index (χ0) is 21.6. The van der Waals surface area contributed by atoms with E-state index in [1.165, 1.54) is 38.5 Å². The van der Waals surface area contributed by atoms with Crippen molar-refractivity contribution >= 4 is 21.6 Å². The molecule has 164 valence electrons. The molecule has 1 amide bonds. The number of nitrogens with one attached hydrogen (secondary N) is 2. The molecule has 4 bridgehead atoms. The number of anilines is 1. The Kier molecular flexibility index (Phi) is 4.96. The Morgan fingerprint density at radius 2 is 1.52 bits per heavy atom. The van der Waals surface area contributed by atoms with Gasteiger partial charge >= 0.3 is 0 Å². The van der Waals surface area contributed by atoms with Crippen LogP contribution in [-0.4, -0.2) is 27.0 Å². The second-order valence-corrected chi connectivity index (χ2v) is 11.2. The maximum Gasteiger partial charge on any atom is 0.261 e. The van der Waals surface area contributed by atoms with E-state index < -0.39 is 10.0 Å². The van der Waals surface area contributed by atoms with Crippen LogP contribution in [0, 0.1) is 17.8 Å². The first-order valence-electron chi connectivity index (χ1n) is 10.9. The molecule has 0 spiro atoms. The van der Waals surface area contributed by atoms with E-state index >= 15 is 0 Å². The minimum absolute atomic E-state index is 0.115. The molecule has 0 radical (unpaired) electrons. The van der Waals surface area contributed by atoms with Crippen LogP contribution in [0.4, 0.5) is 5.69 Å². The number of carbonyl (C=O) groups excluding carboxylic acids is 1. The number of sulfonamides is 1. The number of para-hydroxylation sites is 1. The van der Waals surface area contributed by atoms with Gasteiger partial charge in [-0.25, -0.2) is 8.42 Å². The van der Waals surface area contributed by atoms with Crippen molar-refractivity contribution in [2.45, 2.75) is 49.0 Å². The summed E-state index contributed by atoms with van der Waals surface area (Å²) in [6, 6.07) is 13.0. The minimum Gasteiger partial charge on any atom is -0.497 e. The van der Waals surface area contributed by atoms with Crippen LogP contribution in [0.25, 0.3) is 0 Å². The molecule has 2 aromatic rings. The molecule has 31 heavy (non-hydrogen) atoms. The number of rotatable bonds is 6. The highest BCUT2D eigenvalue weighted by atomic mass is 32.2. The Morgan fingerprint density at radius 3 is 2.10 bits per heavy atom. The first kappa shape index (κ1) is 20.4. The van der Waals surface area contributed by atoms with Crippen LogP contribution in [-0.2, 0) is 10.0 Å².